The quantitative estimate of drug-likeness (QED) is 0.409. The Morgan fingerprint density at radius 3 is 2.35 bits per heavy atom. The van der Waals surface area contributed by atoms with Crippen LogP contribution in [0.3, 0.4) is 0 Å². The van der Waals surface area contributed by atoms with Crippen LogP contribution in [0.5, 0.6) is 34.5 Å². The second-order valence-electron chi connectivity index (χ2n) is 6.35. The molecule has 0 aromatic heterocycles. The maximum absolute atomic E-state index is 10.1. The molecular weight excluding hydrogens is 340 g/mol. The molecule has 2 aromatic carbocycles. The van der Waals surface area contributed by atoms with Crippen LogP contribution in [0.1, 0.15) is 37.0 Å². The molecule has 0 amide bonds. The summed E-state index contributed by atoms with van der Waals surface area (Å²) >= 11 is 0. The molecule has 1 aliphatic rings. The van der Waals surface area contributed by atoms with Crippen LogP contribution >= 0.6 is 0 Å². The van der Waals surface area contributed by atoms with E-state index in [-0.39, 0.29) is 11.5 Å². The maximum Gasteiger partial charge on any atom is 0.200 e. The van der Waals surface area contributed by atoms with Gasteiger partial charge in [0.15, 0.2) is 23.4 Å². The lowest BCUT2D eigenvalue weighted by atomic mass is 9.93. The average Bonchev–Trinajstić information content (AvgIpc) is 2.59. The molecule has 0 unspecified atom stereocenters. The smallest absolute Gasteiger partial charge is 0.200 e. The summed E-state index contributed by atoms with van der Waals surface area (Å²) in [5.41, 5.74) is 0.931. The largest absolute Gasteiger partial charge is 0.508 e. The molecule has 0 aliphatic carbocycles. The third-order valence-corrected chi connectivity index (χ3v) is 4.42. The van der Waals surface area contributed by atoms with Gasteiger partial charge in [0.25, 0.3) is 0 Å². The van der Waals surface area contributed by atoms with Gasteiger partial charge in [-0.25, -0.2) is 0 Å². The normalized spacial score (nSPS) is 19.0. The summed E-state index contributed by atoms with van der Waals surface area (Å²) in [6, 6.07) is 5.22. The fourth-order valence-corrected chi connectivity index (χ4v) is 3.05. The lowest BCUT2D eigenvalue weighted by Crippen LogP contribution is -2.33. The van der Waals surface area contributed by atoms with Crippen molar-refractivity contribution in [2.75, 3.05) is 6.61 Å². The van der Waals surface area contributed by atoms with E-state index in [9.17, 15) is 25.5 Å². The molecule has 0 fully saturated rings. The van der Waals surface area contributed by atoms with Gasteiger partial charge < -0.3 is 35.0 Å². The monoisotopic (exact) mass is 362 g/mol. The molecule has 0 saturated heterocycles. The molecule has 7 heteroatoms. The van der Waals surface area contributed by atoms with E-state index in [1.165, 1.54) is 24.3 Å². The lowest BCUT2D eigenvalue weighted by molar-refractivity contribution is -0.0391. The van der Waals surface area contributed by atoms with Crippen LogP contribution in [0, 0.1) is 0 Å². The maximum atomic E-state index is 10.1. The molecule has 1 heterocycles. The summed E-state index contributed by atoms with van der Waals surface area (Å²) in [6.45, 7) is 2.53. The Kier molecular flexibility index (Phi) is 4.99. The van der Waals surface area contributed by atoms with Gasteiger partial charge in [0.05, 0.1) is 0 Å². The Morgan fingerprint density at radius 2 is 1.69 bits per heavy atom. The van der Waals surface area contributed by atoms with E-state index in [2.05, 4.69) is 0 Å². The van der Waals surface area contributed by atoms with Crippen molar-refractivity contribution in [2.24, 2.45) is 0 Å². The van der Waals surface area contributed by atoms with Crippen LogP contribution in [-0.2, 0) is 11.2 Å². The zero-order chi connectivity index (χ0) is 18.8. The fraction of sp³-hybridized carbons (Fsp3) is 0.368. The van der Waals surface area contributed by atoms with E-state index in [1.54, 1.807) is 0 Å². The summed E-state index contributed by atoms with van der Waals surface area (Å²) in [5.74, 6) is -1.47. The van der Waals surface area contributed by atoms with Crippen molar-refractivity contribution < 1.29 is 35.0 Å². The Bertz CT molecular complexity index is 780. The molecule has 1 aliphatic heterocycles. The van der Waals surface area contributed by atoms with Crippen molar-refractivity contribution in [3.8, 4) is 34.5 Å². The minimum Gasteiger partial charge on any atom is -0.508 e. The molecule has 7 nitrogen and oxygen atoms in total. The molecule has 140 valence electrons. The Labute approximate surface area is 150 Å². The topological polar surface area (TPSA) is 120 Å². The summed E-state index contributed by atoms with van der Waals surface area (Å²) in [4.78, 5) is 0. The Hall–Kier alpha value is -2.80. The molecule has 0 radical (unpaired) electrons. The number of unbranched alkanes of at least 4 members (excludes halogenated alkanes) is 1. The average molecular weight is 362 g/mol. The standard InChI is InChI=1S/C19H22O7/c1-2-3-4-25-17-9-12-13(21)7-11(20)8-16(12)26-19(17)10-5-14(22)18(24)15(23)6-10/h5-8,17,19-24H,2-4,9H2,1H3/t17-,19-/m0/s1. The highest BCUT2D eigenvalue weighted by Crippen LogP contribution is 2.45. The van der Waals surface area contributed by atoms with Gasteiger partial charge in [-0.05, 0) is 18.6 Å². The van der Waals surface area contributed by atoms with Gasteiger partial charge in [-0.15, -0.1) is 0 Å². The van der Waals surface area contributed by atoms with Gasteiger partial charge in [0.2, 0.25) is 0 Å². The first-order chi connectivity index (χ1) is 12.4. The number of fused-ring (bicyclic) bond motifs is 1. The van der Waals surface area contributed by atoms with Crippen LogP contribution < -0.4 is 4.74 Å². The third-order valence-electron chi connectivity index (χ3n) is 4.42. The van der Waals surface area contributed by atoms with E-state index < -0.39 is 29.5 Å². The molecular formula is C19H22O7. The summed E-state index contributed by atoms with van der Waals surface area (Å²) in [6.07, 6.45) is 0.960. The van der Waals surface area contributed by atoms with Gasteiger partial charge in [-0.3, -0.25) is 0 Å². The molecule has 3 rings (SSSR count). The second kappa shape index (κ2) is 7.21. The van der Waals surface area contributed by atoms with E-state index >= 15 is 0 Å². The first-order valence-corrected chi connectivity index (χ1v) is 8.48. The molecule has 5 N–H and O–H groups in total. The van der Waals surface area contributed by atoms with Crippen LogP contribution in [0.2, 0.25) is 0 Å². The fourth-order valence-electron chi connectivity index (χ4n) is 3.05. The summed E-state index contributed by atoms with van der Waals surface area (Å²) in [7, 11) is 0. The molecule has 2 atom stereocenters. The predicted octanol–water partition coefficient (Wildman–Crippen LogP) is 3.08. The van der Waals surface area contributed by atoms with Crippen LogP contribution in [-0.4, -0.2) is 38.2 Å². The summed E-state index contributed by atoms with van der Waals surface area (Å²) in [5, 5.41) is 49.0. The van der Waals surface area contributed by atoms with Crippen molar-refractivity contribution in [1.29, 1.82) is 0 Å². The zero-order valence-corrected chi connectivity index (χ0v) is 14.3. The predicted molar refractivity (Wildman–Crippen MR) is 92.9 cm³/mol. The highest BCUT2D eigenvalue weighted by molar-refractivity contribution is 5.54. The number of phenols is 5. The van der Waals surface area contributed by atoms with Gasteiger partial charge >= 0.3 is 0 Å². The number of ether oxygens (including phenoxy) is 2. The highest BCUT2D eigenvalue weighted by Gasteiger charge is 2.35. The number of aromatic hydroxyl groups is 5. The minimum atomic E-state index is -0.696. The Balaban J connectivity index is 1.99. The van der Waals surface area contributed by atoms with Gasteiger partial charge in [0.1, 0.15) is 23.4 Å². The van der Waals surface area contributed by atoms with Crippen molar-refractivity contribution in [3.63, 3.8) is 0 Å². The number of phenolic OH excluding ortho intramolecular Hbond substituents is 5. The number of rotatable bonds is 5. The number of benzene rings is 2. The highest BCUT2D eigenvalue weighted by atomic mass is 16.5. The number of hydrogen-bond donors (Lipinski definition) is 5. The first-order valence-electron chi connectivity index (χ1n) is 8.48. The van der Waals surface area contributed by atoms with E-state index in [0.29, 0.717) is 29.9 Å². The van der Waals surface area contributed by atoms with Crippen molar-refractivity contribution in [1.82, 2.24) is 0 Å². The van der Waals surface area contributed by atoms with E-state index in [4.69, 9.17) is 9.47 Å². The molecule has 0 bridgehead atoms. The second-order valence-corrected chi connectivity index (χ2v) is 6.35. The van der Waals surface area contributed by atoms with Crippen molar-refractivity contribution in [2.45, 2.75) is 38.4 Å². The SMILES string of the molecule is CCCCO[C@H]1Cc2c(O)cc(O)cc2O[C@H]1c1cc(O)c(O)c(O)c1. The first kappa shape index (κ1) is 18.0. The molecule has 2 aromatic rings. The van der Waals surface area contributed by atoms with Gasteiger partial charge in [-0.1, -0.05) is 13.3 Å². The van der Waals surface area contributed by atoms with E-state index in [0.717, 1.165) is 12.8 Å². The minimum absolute atomic E-state index is 0.0843. The summed E-state index contributed by atoms with van der Waals surface area (Å²) < 4.78 is 11.8. The van der Waals surface area contributed by atoms with E-state index in [1.807, 2.05) is 6.92 Å². The van der Waals surface area contributed by atoms with Gasteiger partial charge in [0, 0.05) is 36.3 Å². The number of hydrogen-bond acceptors (Lipinski definition) is 7. The van der Waals surface area contributed by atoms with Crippen LogP contribution in [0.25, 0.3) is 0 Å². The van der Waals surface area contributed by atoms with Crippen LogP contribution in [0.4, 0.5) is 0 Å². The zero-order valence-electron chi connectivity index (χ0n) is 14.3. The molecule has 26 heavy (non-hydrogen) atoms. The lowest BCUT2D eigenvalue weighted by Gasteiger charge is -2.34. The molecule has 0 spiro atoms. The van der Waals surface area contributed by atoms with Crippen molar-refractivity contribution >= 4 is 0 Å². The van der Waals surface area contributed by atoms with Crippen molar-refractivity contribution in [3.05, 3.63) is 35.4 Å². The van der Waals surface area contributed by atoms with Crippen LogP contribution in [0.15, 0.2) is 24.3 Å². The third kappa shape index (κ3) is 3.43. The Morgan fingerprint density at radius 1 is 1.00 bits per heavy atom. The van der Waals surface area contributed by atoms with Gasteiger partial charge in [-0.2, -0.15) is 0 Å². The molecule has 0 saturated carbocycles.